The maximum absolute atomic E-state index is 13.9. The van der Waals surface area contributed by atoms with Gasteiger partial charge in [-0.1, -0.05) is 12.1 Å². The molecule has 2 aromatic heterocycles. The molecule has 0 spiro atoms. The van der Waals surface area contributed by atoms with Gasteiger partial charge in [-0.05, 0) is 94.0 Å². The van der Waals surface area contributed by atoms with Gasteiger partial charge in [0.05, 0.1) is 0 Å². The van der Waals surface area contributed by atoms with Gasteiger partial charge >= 0.3 is 0 Å². The molecule has 1 aromatic carbocycles. The van der Waals surface area contributed by atoms with Crippen LogP contribution in [-0.2, 0) is 17.9 Å². The van der Waals surface area contributed by atoms with E-state index in [-0.39, 0.29) is 17.7 Å². The zero-order valence-electron chi connectivity index (χ0n) is 22.3. The van der Waals surface area contributed by atoms with Crippen LogP contribution in [0.15, 0.2) is 48.7 Å². The highest BCUT2D eigenvalue weighted by Crippen LogP contribution is 2.31. The highest BCUT2D eigenvalue weighted by Gasteiger charge is 2.34. The van der Waals surface area contributed by atoms with Gasteiger partial charge < -0.3 is 15.2 Å². The number of likely N-dealkylation sites (N-methyl/N-ethyl adjacent to an activating group) is 1. The SMILES string of the molecule is Cc1ccnc(C)c1-c1ccc(NC(=O)[C@@H](NC(=O)c2ccc3n2CCN(C)C3)C2CCC(F)CC2)cc1. The fraction of sp³-hybridized carbons (Fsp3) is 0.433. The Balaban J connectivity index is 1.34. The first kappa shape index (κ1) is 26.1. The first-order valence-electron chi connectivity index (χ1n) is 13.5. The number of anilines is 1. The Labute approximate surface area is 223 Å². The minimum absolute atomic E-state index is 0.118. The molecule has 1 aliphatic heterocycles. The minimum atomic E-state index is -0.841. The second kappa shape index (κ2) is 11.1. The van der Waals surface area contributed by atoms with Gasteiger partial charge in [0, 0.05) is 48.5 Å². The van der Waals surface area contributed by atoms with Gasteiger partial charge in [-0.2, -0.15) is 0 Å². The Morgan fingerprint density at radius 2 is 1.74 bits per heavy atom. The molecule has 38 heavy (non-hydrogen) atoms. The van der Waals surface area contributed by atoms with Crippen molar-refractivity contribution >= 4 is 17.5 Å². The van der Waals surface area contributed by atoms with Crippen LogP contribution in [0.3, 0.4) is 0 Å². The monoisotopic (exact) mass is 517 g/mol. The molecule has 0 saturated heterocycles. The van der Waals surface area contributed by atoms with E-state index in [0.717, 1.165) is 47.7 Å². The predicted octanol–water partition coefficient (Wildman–Crippen LogP) is 4.88. The van der Waals surface area contributed by atoms with Crippen LogP contribution >= 0.6 is 0 Å². The summed E-state index contributed by atoms with van der Waals surface area (Å²) in [5, 5.41) is 6.02. The van der Waals surface area contributed by atoms with E-state index in [9.17, 15) is 14.0 Å². The Hall–Kier alpha value is -3.52. The van der Waals surface area contributed by atoms with E-state index in [4.69, 9.17) is 0 Å². The molecule has 1 aliphatic carbocycles. The van der Waals surface area contributed by atoms with Crippen molar-refractivity contribution in [3.63, 3.8) is 0 Å². The van der Waals surface area contributed by atoms with Gasteiger partial charge in [-0.25, -0.2) is 4.39 Å². The lowest BCUT2D eigenvalue weighted by Crippen LogP contribution is -2.50. The lowest BCUT2D eigenvalue weighted by atomic mass is 9.82. The number of aryl methyl sites for hydroxylation is 2. The largest absolute Gasteiger partial charge is 0.339 e. The second-order valence-corrected chi connectivity index (χ2v) is 10.7. The fourth-order valence-electron chi connectivity index (χ4n) is 5.83. The van der Waals surface area contributed by atoms with Crippen LogP contribution in [0.2, 0.25) is 0 Å². The number of amides is 2. The lowest BCUT2D eigenvalue weighted by molar-refractivity contribution is -0.119. The van der Waals surface area contributed by atoms with E-state index in [0.29, 0.717) is 37.1 Å². The Kier molecular flexibility index (Phi) is 7.61. The van der Waals surface area contributed by atoms with Crippen molar-refractivity contribution in [1.29, 1.82) is 0 Å². The summed E-state index contributed by atoms with van der Waals surface area (Å²) in [6.45, 7) is 6.41. The molecule has 5 rings (SSSR count). The zero-order chi connectivity index (χ0) is 26.8. The predicted molar refractivity (Wildman–Crippen MR) is 147 cm³/mol. The summed E-state index contributed by atoms with van der Waals surface area (Å²) in [4.78, 5) is 33.6. The smallest absolute Gasteiger partial charge is 0.268 e. The molecule has 1 saturated carbocycles. The van der Waals surface area contributed by atoms with Gasteiger partial charge in [0.15, 0.2) is 0 Å². The molecule has 2 amide bonds. The molecule has 7 nitrogen and oxygen atoms in total. The highest BCUT2D eigenvalue weighted by atomic mass is 19.1. The van der Waals surface area contributed by atoms with E-state index in [2.05, 4.69) is 34.5 Å². The molecule has 0 radical (unpaired) electrons. The standard InChI is InChI=1S/C30H36FN5O2/c1-19-14-15-32-20(2)27(19)21-6-10-24(11-7-21)33-30(38)28(22-4-8-23(31)9-5-22)34-29(37)26-13-12-25-18-35(3)16-17-36(25)26/h6-7,10-15,22-23,28H,4-5,8-9,16-18H2,1-3H3,(H,33,38)(H,34,37)/t22?,23?,28-/m0/s1. The Morgan fingerprint density at radius 1 is 1.00 bits per heavy atom. The van der Waals surface area contributed by atoms with Gasteiger partial charge in [0.2, 0.25) is 5.91 Å². The molecule has 0 unspecified atom stereocenters. The van der Waals surface area contributed by atoms with Crippen LogP contribution in [0.1, 0.15) is 53.1 Å². The topological polar surface area (TPSA) is 79.3 Å². The summed E-state index contributed by atoms with van der Waals surface area (Å²) >= 11 is 0. The number of halogens is 1. The molecular formula is C30H36FN5O2. The molecule has 0 bridgehead atoms. The van der Waals surface area contributed by atoms with Crippen LogP contribution in [0.25, 0.3) is 11.1 Å². The van der Waals surface area contributed by atoms with Crippen LogP contribution < -0.4 is 10.6 Å². The summed E-state index contributed by atoms with van der Waals surface area (Å²) in [6.07, 6.45) is 2.91. The van der Waals surface area contributed by atoms with Crippen molar-refractivity contribution in [1.82, 2.24) is 19.8 Å². The summed E-state index contributed by atoms with van der Waals surface area (Å²) in [5.74, 6) is -0.652. The third-order valence-electron chi connectivity index (χ3n) is 7.97. The van der Waals surface area contributed by atoms with Gasteiger partial charge in [0.1, 0.15) is 17.9 Å². The van der Waals surface area contributed by atoms with Gasteiger partial charge in [-0.15, -0.1) is 0 Å². The summed E-state index contributed by atoms with van der Waals surface area (Å²) < 4.78 is 15.9. The van der Waals surface area contributed by atoms with Crippen molar-refractivity contribution in [2.24, 2.45) is 5.92 Å². The number of nitrogens with one attached hydrogen (secondary N) is 2. The second-order valence-electron chi connectivity index (χ2n) is 10.7. The zero-order valence-corrected chi connectivity index (χ0v) is 22.3. The molecule has 1 atom stereocenters. The average Bonchev–Trinajstić information content (AvgIpc) is 3.32. The molecule has 3 aromatic rings. The number of nitrogens with zero attached hydrogens (tertiary/aromatic N) is 3. The maximum atomic E-state index is 13.9. The number of benzene rings is 1. The highest BCUT2D eigenvalue weighted by molar-refractivity contribution is 6.01. The molecule has 3 heterocycles. The van der Waals surface area contributed by atoms with Crippen molar-refractivity contribution in [2.45, 2.75) is 64.8 Å². The number of alkyl halides is 1. The molecule has 1 fully saturated rings. The van der Waals surface area contributed by atoms with Crippen LogP contribution in [0, 0.1) is 19.8 Å². The number of pyridine rings is 1. The first-order valence-corrected chi connectivity index (χ1v) is 13.5. The first-order chi connectivity index (χ1) is 18.3. The number of aromatic nitrogens is 2. The third kappa shape index (κ3) is 5.50. The van der Waals surface area contributed by atoms with E-state index in [1.165, 1.54) is 0 Å². The Morgan fingerprint density at radius 3 is 2.45 bits per heavy atom. The quantitative estimate of drug-likeness (QED) is 0.489. The van der Waals surface area contributed by atoms with Gasteiger partial charge in [-0.3, -0.25) is 19.5 Å². The molecular weight excluding hydrogens is 481 g/mol. The van der Waals surface area contributed by atoms with E-state index < -0.39 is 12.2 Å². The van der Waals surface area contributed by atoms with Crippen LogP contribution in [-0.4, -0.2) is 52.1 Å². The summed E-state index contributed by atoms with van der Waals surface area (Å²) in [5.41, 5.74) is 6.51. The third-order valence-corrected chi connectivity index (χ3v) is 7.97. The van der Waals surface area contributed by atoms with Crippen molar-refractivity contribution in [3.8, 4) is 11.1 Å². The number of hydrogen-bond acceptors (Lipinski definition) is 4. The van der Waals surface area contributed by atoms with E-state index in [1.807, 2.05) is 54.0 Å². The summed E-state index contributed by atoms with van der Waals surface area (Å²) in [7, 11) is 2.06. The molecule has 2 N–H and O–H groups in total. The lowest BCUT2D eigenvalue weighted by Gasteiger charge is -2.32. The fourth-order valence-corrected chi connectivity index (χ4v) is 5.83. The molecule has 2 aliphatic rings. The number of carbonyl (C=O) groups is 2. The summed E-state index contributed by atoms with van der Waals surface area (Å²) in [6, 6.07) is 12.7. The Bertz CT molecular complexity index is 1290. The number of hydrogen-bond donors (Lipinski definition) is 2. The van der Waals surface area contributed by atoms with Crippen LogP contribution in [0.5, 0.6) is 0 Å². The molecule has 8 heteroatoms. The maximum Gasteiger partial charge on any atom is 0.268 e. The number of fused-ring (bicyclic) bond motifs is 1. The van der Waals surface area contributed by atoms with Crippen molar-refractivity contribution in [3.05, 3.63) is 71.3 Å². The average molecular weight is 518 g/mol. The number of carbonyl (C=O) groups excluding carboxylic acids is 2. The van der Waals surface area contributed by atoms with Gasteiger partial charge in [0.25, 0.3) is 5.91 Å². The normalized spacial score (nSPS) is 20.4. The number of rotatable bonds is 6. The van der Waals surface area contributed by atoms with Crippen molar-refractivity contribution in [2.75, 3.05) is 18.9 Å². The minimum Gasteiger partial charge on any atom is -0.339 e. The van der Waals surface area contributed by atoms with E-state index >= 15 is 0 Å². The van der Waals surface area contributed by atoms with E-state index in [1.54, 1.807) is 6.20 Å². The molecule has 200 valence electrons. The van der Waals surface area contributed by atoms with Crippen LogP contribution in [0.4, 0.5) is 10.1 Å². The van der Waals surface area contributed by atoms with Crippen molar-refractivity contribution < 1.29 is 14.0 Å².